The summed E-state index contributed by atoms with van der Waals surface area (Å²) in [6.45, 7) is 3.03. The number of aromatic carboxylic acids is 1. The third kappa shape index (κ3) is 2.20. The van der Waals surface area contributed by atoms with Crippen LogP contribution in [0.5, 0.6) is 0 Å². The zero-order valence-electron chi connectivity index (χ0n) is 10.8. The molecule has 0 spiro atoms. The SMILES string of the molecule is Cc1cc(C)n(-c2ccc(F)cc2F)c(=O)c1C(=O)O. The van der Waals surface area contributed by atoms with Crippen molar-refractivity contribution < 1.29 is 18.7 Å². The van der Waals surface area contributed by atoms with Gasteiger partial charge in [0, 0.05) is 11.8 Å². The number of hydrogen-bond donors (Lipinski definition) is 1. The van der Waals surface area contributed by atoms with Crippen LogP contribution in [0, 0.1) is 25.5 Å². The molecule has 0 bridgehead atoms. The molecule has 1 N–H and O–H groups in total. The molecule has 0 aliphatic heterocycles. The van der Waals surface area contributed by atoms with Gasteiger partial charge in [-0.05, 0) is 37.6 Å². The van der Waals surface area contributed by atoms with Crippen LogP contribution in [-0.4, -0.2) is 15.6 Å². The lowest BCUT2D eigenvalue weighted by molar-refractivity contribution is 0.0693. The van der Waals surface area contributed by atoms with Gasteiger partial charge in [-0.1, -0.05) is 0 Å². The molecule has 1 heterocycles. The molecule has 0 atom stereocenters. The van der Waals surface area contributed by atoms with E-state index < -0.39 is 28.7 Å². The van der Waals surface area contributed by atoms with Gasteiger partial charge in [-0.3, -0.25) is 9.36 Å². The van der Waals surface area contributed by atoms with Crippen LogP contribution in [-0.2, 0) is 0 Å². The Morgan fingerprint density at radius 2 is 1.85 bits per heavy atom. The third-order valence-electron chi connectivity index (χ3n) is 2.95. The van der Waals surface area contributed by atoms with Crippen molar-refractivity contribution in [3.8, 4) is 5.69 Å². The first-order valence-electron chi connectivity index (χ1n) is 5.75. The summed E-state index contributed by atoms with van der Waals surface area (Å²) in [6.07, 6.45) is 0. The second-order valence-corrected chi connectivity index (χ2v) is 4.39. The molecule has 0 unspecified atom stereocenters. The van der Waals surface area contributed by atoms with Crippen molar-refractivity contribution in [2.45, 2.75) is 13.8 Å². The lowest BCUT2D eigenvalue weighted by atomic mass is 10.1. The quantitative estimate of drug-likeness (QED) is 0.918. The lowest BCUT2D eigenvalue weighted by Crippen LogP contribution is -2.28. The maximum Gasteiger partial charge on any atom is 0.341 e. The lowest BCUT2D eigenvalue weighted by Gasteiger charge is -2.13. The Kier molecular flexibility index (Phi) is 3.40. The average molecular weight is 279 g/mol. The first-order chi connectivity index (χ1) is 9.32. The second-order valence-electron chi connectivity index (χ2n) is 4.39. The standard InChI is InChI=1S/C14H11F2NO3/c1-7-5-8(2)17(13(18)12(7)14(19)20)11-4-3-9(15)6-10(11)16/h3-6H,1-2H3,(H,19,20). The monoisotopic (exact) mass is 279 g/mol. The molecular formula is C14H11F2NO3. The van der Waals surface area contributed by atoms with Gasteiger partial charge < -0.3 is 5.11 Å². The molecule has 0 saturated carbocycles. The van der Waals surface area contributed by atoms with Crippen molar-refractivity contribution in [1.82, 2.24) is 4.57 Å². The minimum absolute atomic E-state index is 0.184. The zero-order chi connectivity index (χ0) is 15.0. The highest BCUT2D eigenvalue weighted by Crippen LogP contribution is 2.16. The van der Waals surface area contributed by atoms with E-state index in [9.17, 15) is 18.4 Å². The Morgan fingerprint density at radius 3 is 2.40 bits per heavy atom. The number of pyridine rings is 1. The number of halogens is 2. The van der Waals surface area contributed by atoms with Crippen LogP contribution >= 0.6 is 0 Å². The van der Waals surface area contributed by atoms with E-state index in [4.69, 9.17) is 5.11 Å². The molecule has 2 aromatic rings. The van der Waals surface area contributed by atoms with Gasteiger partial charge in [0.15, 0.2) is 0 Å². The minimum Gasteiger partial charge on any atom is -0.477 e. The Morgan fingerprint density at radius 1 is 1.20 bits per heavy atom. The van der Waals surface area contributed by atoms with Gasteiger partial charge >= 0.3 is 5.97 Å². The summed E-state index contributed by atoms with van der Waals surface area (Å²) in [6, 6.07) is 4.21. The van der Waals surface area contributed by atoms with Crippen LogP contribution < -0.4 is 5.56 Å². The van der Waals surface area contributed by atoms with Gasteiger partial charge in [0.2, 0.25) is 0 Å². The maximum atomic E-state index is 13.8. The predicted octanol–water partition coefficient (Wildman–Crippen LogP) is 2.43. The van der Waals surface area contributed by atoms with E-state index in [0.717, 1.165) is 16.7 Å². The maximum absolute atomic E-state index is 13.8. The Balaban J connectivity index is 2.84. The summed E-state index contributed by atoms with van der Waals surface area (Å²) in [4.78, 5) is 23.3. The van der Waals surface area contributed by atoms with Crippen LogP contribution in [0.4, 0.5) is 8.78 Å². The number of benzene rings is 1. The second kappa shape index (κ2) is 4.88. The van der Waals surface area contributed by atoms with Crippen LogP contribution in [0.25, 0.3) is 5.69 Å². The fourth-order valence-corrected chi connectivity index (χ4v) is 2.11. The smallest absolute Gasteiger partial charge is 0.341 e. The summed E-state index contributed by atoms with van der Waals surface area (Å²) in [7, 11) is 0. The number of aryl methyl sites for hydroxylation is 2. The molecule has 0 aliphatic rings. The molecule has 0 aliphatic carbocycles. The van der Waals surface area contributed by atoms with E-state index in [1.165, 1.54) is 13.0 Å². The van der Waals surface area contributed by atoms with Crippen molar-refractivity contribution in [2.75, 3.05) is 0 Å². The van der Waals surface area contributed by atoms with E-state index in [2.05, 4.69) is 0 Å². The van der Waals surface area contributed by atoms with Crippen molar-refractivity contribution in [1.29, 1.82) is 0 Å². The normalized spacial score (nSPS) is 10.6. The van der Waals surface area contributed by atoms with Gasteiger partial charge in [0.1, 0.15) is 17.2 Å². The minimum atomic E-state index is -1.39. The molecule has 0 fully saturated rings. The van der Waals surface area contributed by atoms with Crippen LogP contribution in [0.2, 0.25) is 0 Å². The topological polar surface area (TPSA) is 59.3 Å². The number of nitrogens with zero attached hydrogens (tertiary/aromatic N) is 1. The van der Waals surface area contributed by atoms with Crippen LogP contribution in [0.3, 0.4) is 0 Å². The van der Waals surface area contributed by atoms with Gasteiger partial charge in [-0.25, -0.2) is 13.6 Å². The highest BCUT2D eigenvalue weighted by molar-refractivity contribution is 5.89. The van der Waals surface area contributed by atoms with Crippen molar-refractivity contribution in [2.24, 2.45) is 0 Å². The molecular weight excluding hydrogens is 268 g/mol. The number of carbonyl (C=O) groups is 1. The summed E-state index contributed by atoms with van der Waals surface area (Å²) < 4.78 is 27.6. The summed E-state index contributed by atoms with van der Waals surface area (Å²) in [5.41, 5.74) is -0.807. The average Bonchev–Trinajstić information content (AvgIpc) is 2.30. The summed E-state index contributed by atoms with van der Waals surface area (Å²) >= 11 is 0. The number of aromatic nitrogens is 1. The largest absolute Gasteiger partial charge is 0.477 e. The molecule has 0 saturated heterocycles. The third-order valence-corrected chi connectivity index (χ3v) is 2.95. The van der Waals surface area contributed by atoms with Crippen molar-refractivity contribution in [3.05, 3.63) is 63.1 Å². The van der Waals surface area contributed by atoms with E-state index in [0.29, 0.717) is 17.3 Å². The summed E-state index contributed by atoms with van der Waals surface area (Å²) in [5, 5.41) is 9.06. The van der Waals surface area contributed by atoms with E-state index in [-0.39, 0.29) is 5.69 Å². The fraction of sp³-hybridized carbons (Fsp3) is 0.143. The molecule has 0 amide bonds. The van der Waals surface area contributed by atoms with Gasteiger partial charge in [0.05, 0.1) is 5.69 Å². The molecule has 0 radical (unpaired) electrons. The number of carboxylic acids is 1. The zero-order valence-corrected chi connectivity index (χ0v) is 10.8. The van der Waals surface area contributed by atoms with Crippen molar-refractivity contribution in [3.63, 3.8) is 0 Å². The van der Waals surface area contributed by atoms with Gasteiger partial charge in [0.25, 0.3) is 5.56 Å². The van der Waals surface area contributed by atoms with Gasteiger partial charge in [-0.2, -0.15) is 0 Å². The van der Waals surface area contributed by atoms with E-state index >= 15 is 0 Å². The highest BCUT2D eigenvalue weighted by Gasteiger charge is 2.19. The number of carboxylic acid groups (broad SMARTS) is 1. The predicted molar refractivity (Wildman–Crippen MR) is 68.4 cm³/mol. The molecule has 1 aromatic carbocycles. The highest BCUT2D eigenvalue weighted by atomic mass is 19.1. The van der Waals surface area contributed by atoms with Gasteiger partial charge in [-0.15, -0.1) is 0 Å². The fourth-order valence-electron chi connectivity index (χ4n) is 2.11. The number of rotatable bonds is 2. The van der Waals surface area contributed by atoms with E-state index in [1.54, 1.807) is 6.92 Å². The van der Waals surface area contributed by atoms with Crippen LogP contribution in [0.1, 0.15) is 21.6 Å². The number of hydrogen-bond acceptors (Lipinski definition) is 2. The van der Waals surface area contributed by atoms with Crippen molar-refractivity contribution >= 4 is 5.97 Å². The molecule has 2 rings (SSSR count). The Hall–Kier alpha value is -2.50. The Bertz CT molecular complexity index is 766. The molecule has 6 heteroatoms. The van der Waals surface area contributed by atoms with Crippen LogP contribution in [0.15, 0.2) is 29.1 Å². The van der Waals surface area contributed by atoms with E-state index in [1.807, 2.05) is 0 Å². The molecule has 1 aromatic heterocycles. The first kappa shape index (κ1) is 13.9. The Labute approximate surface area is 112 Å². The molecule has 4 nitrogen and oxygen atoms in total. The first-order valence-corrected chi connectivity index (χ1v) is 5.75. The molecule has 104 valence electrons. The summed E-state index contributed by atoms with van der Waals surface area (Å²) in [5.74, 6) is -3.10. The molecule has 20 heavy (non-hydrogen) atoms.